The molecule has 176 valence electrons. The minimum absolute atomic E-state index is 0.0210. The third-order valence-electron chi connectivity index (χ3n) is 5.35. The number of nitrogens with one attached hydrogen (secondary N) is 1. The molecule has 32 heavy (non-hydrogen) atoms. The van der Waals surface area contributed by atoms with Crippen molar-refractivity contribution in [3.8, 4) is 5.75 Å². The lowest BCUT2D eigenvalue weighted by atomic mass is 9.89. The molecule has 0 radical (unpaired) electrons. The lowest BCUT2D eigenvalue weighted by Crippen LogP contribution is -2.19. The molecule has 0 aliphatic carbocycles. The highest BCUT2D eigenvalue weighted by atomic mass is 35.5. The second kappa shape index (κ2) is 10.1. The molecule has 2 aromatic carbocycles. The Morgan fingerprint density at radius 1 is 0.969 bits per heavy atom. The molecule has 0 bridgehead atoms. The molecule has 0 aliphatic heterocycles. The van der Waals surface area contributed by atoms with E-state index >= 15 is 0 Å². The number of phenols is 1. The Morgan fingerprint density at radius 2 is 1.50 bits per heavy atom. The predicted molar refractivity (Wildman–Crippen MR) is 129 cm³/mol. The molecule has 0 aliphatic rings. The number of halogens is 1. The first-order chi connectivity index (χ1) is 14.7. The molecule has 0 aromatic heterocycles. The number of aliphatic carboxylic acids is 1. The van der Waals surface area contributed by atoms with Crippen LogP contribution in [0, 0.1) is 0 Å². The molecule has 6 nitrogen and oxygen atoms in total. The van der Waals surface area contributed by atoms with Crippen molar-refractivity contribution in [1.29, 1.82) is 0 Å². The van der Waals surface area contributed by atoms with E-state index in [9.17, 15) is 18.3 Å². The number of aryl methyl sites for hydroxylation is 1. The summed E-state index contributed by atoms with van der Waals surface area (Å²) in [6.45, 7) is 12.0. The van der Waals surface area contributed by atoms with Crippen molar-refractivity contribution in [1.82, 2.24) is 0 Å². The summed E-state index contributed by atoms with van der Waals surface area (Å²) in [5.41, 5.74) is 3.00. The third kappa shape index (κ3) is 5.95. The fourth-order valence-corrected chi connectivity index (χ4v) is 5.53. The number of aromatic hydroxyl groups is 1. The van der Waals surface area contributed by atoms with Crippen molar-refractivity contribution >= 4 is 33.3 Å². The van der Waals surface area contributed by atoms with Crippen LogP contribution in [0.5, 0.6) is 5.75 Å². The van der Waals surface area contributed by atoms with Crippen LogP contribution in [-0.2, 0) is 21.2 Å². The van der Waals surface area contributed by atoms with Crippen molar-refractivity contribution in [3.63, 3.8) is 0 Å². The van der Waals surface area contributed by atoms with Crippen molar-refractivity contribution in [2.24, 2.45) is 0 Å². The number of hydrogen-bond acceptors (Lipinski definition) is 4. The van der Waals surface area contributed by atoms with Crippen LogP contribution in [-0.4, -0.2) is 24.6 Å². The van der Waals surface area contributed by atoms with E-state index in [1.165, 1.54) is 12.1 Å². The van der Waals surface area contributed by atoms with Gasteiger partial charge in [0.2, 0.25) is 0 Å². The first kappa shape index (κ1) is 26.0. The number of carboxylic acid groups (broad SMARTS) is 1. The second-order valence-corrected chi connectivity index (χ2v) is 11.0. The van der Waals surface area contributed by atoms with Gasteiger partial charge >= 0.3 is 5.97 Å². The molecule has 0 amide bonds. The number of rotatable bonds is 9. The highest BCUT2D eigenvalue weighted by molar-refractivity contribution is 7.92. The number of anilines is 1. The van der Waals surface area contributed by atoms with E-state index in [1.807, 2.05) is 39.8 Å². The van der Waals surface area contributed by atoms with Crippen molar-refractivity contribution in [2.45, 2.75) is 77.0 Å². The van der Waals surface area contributed by atoms with Gasteiger partial charge in [-0.05, 0) is 58.6 Å². The van der Waals surface area contributed by atoms with Gasteiger partial charge < -0.3 is 10.2 Å². The standard InChI is InChI=1S/C24H32ClNO5S/c1-13(2)17-10-19(14(3)4)24(20(11-17)15(5)6)32(30,31)26-18-9-16(7-8-22(27)28)23(29)21(25)12-18/h9-15,26,29H,7-8H2,1-6H3,(H,27,28). The summed E-state index contributed by atoms with van der Waals surface area (Å²) in [4.78, 5) is 11.2. The Labute approximate surface area is 195 Å². The van der Waals surface area contributed by atoms with E-state index in [0.29, 0.717) is 0 Å². The first-order valence-electron chi connectivity index (χ1n) is 10.7. The quantitative estimate of drug-likeness (QED) is 0.368. The summed E-state index contributed by atoms with van der Waals surface area (Å²) in [6, 6.07) is 6.66. The Bertz CT molecular complexity index is 1080. The number of carboxylic acids is 1. The summed E-state index contributed by atoms with van der Waals surface area (Å²) in [5.74, 6) is -1.06. The summed E-state index contributed by atoms with van der Waals surface area (Å²) >= 11 is 6.10. The van der Waals surface area contributed by atoms with Crippen molar-refractivity contribution < 1.29 is 23.4 Å². The van der Waals surface area contributed by atoms with Crippen LogP contribution in [0.25, 0.3) is 0 Å². The Hall–Kier alpha value is -2.25. The monoisotopic (exact) mass is 481 g/mol. The van der Waals surface area contributed by atoms with E-state index in [1.54, 1.807) is 0 Å². The number of benzene rings is 2. The van der Waals surface area contributed by atoms with Gasteiger partial charge in [0.25, 0.3) is 10.0 Å². The van der Waals surface area contributed by atoms with E-state index in [0.717, 1.165) is 16.7 Å². The van der Waals surface area contributed by atoms with Gasteiger partial charge in [-0.15, -0.1) is 0 Å². The Morgan fingerprint density at radius 3 is 1.94 bits per heavy atom. The SMILES string of the molecule is CC(C)c1cc(C(C)C)c(S(=O)(=O)Nc2cc(Cl)c(O)c(CCC(=O)O)c2)c(C(C)C)c1. The van der Waals surface area contributed by atoms with Gasteiger partial charge in [-0.1, -0.05) is 65.3 Å². The molecule has 0 atom stereocenters. The zero-order valence-corrected chi connectivity index (χ0v) is 20.9. The minimum Gasteiger partial charge on any atom is -0.506 e. The molecule has 0 spiro atoms. The molecular weight excluding hydrogens is 450 g/mol. The van der Waals surface area contributed by atoms with Crippen LogP contribution in [0.1, 0.15) is 88.0 Å². The summed E-state index contributed by atoms with van der Waals surface area (Å²) < 4.78 is 29.8. The number of hydrogen-bond donors (Lipinski definition) is 3. The molecule has 0 saturated carbocycles. The molecule has 8 heteroatoms. The van der Waals surface area contributed by atoms with Gasteiger partial charge in [-0.25, -0.2) is 8.42 Å². The largest absolute Gasteiger partial charge is 0.506 e. The highest BCUT2D eigenvalue weighted by Gasteiger charge is 2.27. The fraction of sp³-hybridized carbons (Fsp3) is 0.458. The lowest BCUT2D eigenvalue weighted by Gasteiger charge is -2.23. The molecule has 3 N–H and O–H groups in total. The average molecular weight is 482 g/mol. The summed E-state index contributed by atoms with van der Waals surface area (Å²) in [5, 5.41) is 19.1. The van der Waals surface area contributed by atoms with Crippen LogP contribution in [0.3, 0.4) is 0 Å². The van der Waals surface area contributed by atoms with Crippen molar-refractivity contribution in [3.05, 3.63) is 51.5 Å². The number of carbonyl (C=O) groups is 1. The minimum atomic E-state index is -3.99. The lowest BCUT2D eigenvalue weighted by molar-refractivity contribution is -0.136. The Balaban J connectivity index is 2.63. The molecule has 0 saturated heterocycles. The maximum absolute atomic E-state index is 13.6. The maximum Gasteiger partial charge on any atom is 0.303 e. The second-order valence-electron chi connectivity index (χ2n) is 8.96. The molecule has 2 rings (SSSR count). The molecule has 0 heterocycles. The summed E-state index contributed by atoms with van der Waals surface area (Å²) in [7, 11) is -3.99. The third-order valence-corrected chi connectivity index (χ3v) is 7.15. The van der Waals surface area contributed by atoms with Crippen LogP contribution in [0.2, 0.25) is 5.02 Å². The van der Waals surface area contributed by atoms with Crippen LogP contribution in [0.4, 0.5) is 5.69 Å². The van der Waals surface area contributed by atoms with Gasteiger partial charge in [0.05, 0.1) is 15.6 Å². The molecule has 0 unspecified atom stereocenters. The van der Waals surface area contributed by atoms with Crippen molar-refractivity contribution in [2.75, 3.05) is 4.72 Å². The maximum atomic E-state index is 13.6. The Kier molecular flexibility index (Phi) is 8.23. The molecule has 0 fully saturated rings. The van der Waals surface area contributed by atoms with E-state index < -0.39 is 16.0 Å². The molecular formula is C24H32ClNO5S. The predicted octanol–water partition coefficient (Wildman–Crippen LogP) is 6.23. The van der Waals surface area contributed by atoms with E-state index in [2.05, 4.69) is 18.6 Å². The average Bonchev–Trinajstić information content (AvgIpc) is 2.67. The molecule has 2 aromatic rings. The van der Waals surface area contributed by atoms with Crippen LogP contribution >= 0.6 is 11.6 Å². The highest BCUT2D eigenvalue weighted by Crippen LogP contribution is 2.37. The van der Waals surface area contributed by atoms with Gasteiger partial charge in [-0.3, -0.25) is 9.52 Å². The van der Waals surface area contributed by atoms with Crippen LogP contribution in [0.15, 0.2) is 29.2 Å². The topological polar surface area (TPSA) is 104 Å². The van der Waals surface area contributed by atoms with Gasteiger partial charge in [0.15, 0.2) is 0 Å². The first-order valence-corrected chi connectivity index (χ1v) is 12.5. The zero-order chi connectivity index (χ0) is 24.4. The van der Waals surface area contributed by atoms with E-state index in [4.69, 9.17) is 16.7 Å². The van der Waals surface area contributed by atoms with E-state index in [-0.39, 0.29) is 57.5 Å². The number of sulfonamides is 1. The van der Waals surface area contributed by atoms with Crippen LogP contribution < -0.4 is 4.72 Å². The van der Waals surface area contributed by atoms with Gasteiger partial charge in [0.1, 0.15) is 5.75 Å². The summed E-state index contributed by atoms with van der Waals surface area (Å²) in [6.07, 6.45) is -0.195. The number of phenolic OH excluding ortho intramolecular Hbond substituents is 1. The fourth-order valence-electron chi connectivity index (χ4n) is 3.55. The van der Waals surface area contributed by atoms with Gasteiger partial charge in [-0.2, -0.15) is 0 Å². The zero-order valence-electron chi connectivity index (χ0n) is 19.4. The normalized spacial score (nSPS) is 12.1. The van der Waals surface area contributed by atoms with Gasteiger partial charge in [0, 0.05) is 6.42 Å². The smallest absolute Gasteiger partial charge is 0.303 e.